The monoisotopic (exact) mass is 304 g/mol. The van der Waals surface area contributed by atoms with Crippen molar-refractivity contribution in [2.45, 2.75) is 32.2 Å². The maximum Gasteiger partial charge on any atom is 0.224 e. The molecule has 0 aromatic heterocycles. The van der Waals surface area contributed by atoms with Crippen LogP contribution in [0, 0.1) is 5.92 Å². The largest absolute Gasteiger partial charge is 0.497 e. The Balaban J connectivity index is 1.99. The number of hydrogen-bond acceptors (Lipinski definition) is 3. The number of nitrogens with zero attached hydrogens (tertiary/aromatic N) is 1. The lowest BCUT2D eigenvalue weighted by Gasteiger charge is -2.29. The van der Waals surface area contributed by atoms with Gasteiger partial charge in [0.05, 0.1) is 13.2 Å². The van der Waals surface area contributed by atoms with Crippen molar-refractivity contribution in [1.82, 2.24) is 10.2 Å². The summed E-state index contributed by atoms with van der Waals surface area (Å²) < 4.78 is 5.15. The molecule has 1 heterocycles. The molecular weight excluding hydrogens is 280 g/mol. The van der Waals surface area contributed by atoms with Crippen LogP contribution in [-0.4, -0.2) is 37.4 Å². The van der Waals surface area contributed by atoms with Crippen molar-refractivity contribution >= 4 is 11.8 Å². The summed E-state index contributed by atoms with van der Waals surface area (Å²) in [6.45, 7) is 2.69. The Labute approximate surface area is 131 Å². The third kappa shape index (κ3) is 3.78. The van der Waals surface area contributed by atoms with Gasteiger partial charge in [0, 0.05) is 25.9 Å². The van der Waals surface area contributed by atoms with Gasteiger partial charge < -0.3 is 15.0 Å². The smallest absolute Gasteiger partial charge is 0.224 e. The van der Waals surface area contributed by atoms with Gasteiger partial charge in [-0.15, -0.1) is 0 Å². The van der Waals surface area contributed by atoms with Crippen LogP contribution in [0.5, 0.6) is 5.75 Å². The number of hydrogen-bond donors (Lipinski definition) is 1. The number of carbonyl (C=O) groups is 2. The summed E-state index contributed by atoms with van der Waals surface area (Å²) in [4.78, 5) is 25.8. The molecule has 22 heavy (non-hydrogen) atoms. The van der Waals surface area contributed by atoms with Gasteiger partial charge >= 0.3 is 0 Å². The van der Waals surface area contributed by atoms with Gasteiger partial charge in [-0.2, -0.15) is 0 Å². The van der Waals surface area contributed by atoms with E-state index in [0.29, 0.717) is 13.0 Å². The lowest BCUT2D eigenvalue weighted by atomic mass is 9.94. The molecular formula is C17H24N2O3. The quantitative estimate of drug-likeness (QED) is 0.906. The fourth-order valence-corrected chi connectivity index (χ4v) is 2.71. The highest BCUT2D eigenvalue weighted by atomic mass is 16.5. The van der Waals surface area contributed by atoms with Crippen molar-refractivity contribution in [1.29, 1.82) is 0 Å². The van der Waals surface area contributed by atoms with E-state index in [1.165, 1.54) is 0 Å². The maximum atomic E-state index is 12.4. The number of carbonyl (C=O) groups excluding carboxylic acids is 2. The van der Waals surface area contributed by atoms with Crippen LogP contribution in [-0.2, 0) is 9.59 Å². The van der Waals surface area contributed by atoms with E-state index in [-0.39, 0.29) is 23.8 Å². The summed E-state index contributed by atoms with van der Waals surface area (Å²) in [6.07, 6.45) is 1.84. The molecule has 1 aliphatic heterocycles. The zero-order chi connectivity index (χ0) is 16.1. The van der Waals surface area contributed by atoms with Gasteiger partial charge in [0.1, 0.15) is 5.75 Å². The lowest BCUT2D eigenvalue weighted by Crippen LogP contribution is -2.42. The first-order valence-electron chi connectivity index (χ1n) is 7.73. The molecule has 120 valence electrons. The molecule has 0 radical (unpaired) electrons. The predicted octanol–water partition coefficient (Wildman–Crippen LogP) is 2.13. The van der Waals surface area contributed by atoms with Gasteiger partial charge in [0.25, 0.3) is 0 Å². The van der Waals surface area contributed by atoms with Crippen molar-refractivity contribution in [2.75, 3.05) is 20.7 Å². The maximum absolute atomic E-state index is 12.4. The van der Waals surface area contributed by atoms with E-state index in [2.05, 4.69) is 5.32 Å². The average Bonchev–Trinajstić information content (AvgIpc) is 2.55. The number of benzene rings is 1. The van der Waals surface area contributed by atoms with Gasteiger partial charge in [-0.05, 0) is 30.5 Å². The summed E-state index contributed by atoms with van der Waals surface area (Å²) in [6, 6.07) is 7.68. The minimum atomic E-state index is -0.212. The van der Waals surface area contributed by atoms with E-state index >= 15 is 0 Å². The molecule has 2 rings (SSSR count). The minimum Gasteiger partial charge on any atom is -0.497 e. The molecule has 5 heteroatoms. The Kier molecular flexibility index (Phi) is 5.41. The standard InChI is InChI=1S/C17H24N2O3/c1-4-15(12-5-7-14(22-3)8-6-12)18-17(21)13-9-10-19(2)16(20)11-13/h5-8,13,15H,4,9-11H2,1-3H3,(H,18,21)/t13-,15-/m0/s1. The van der Waals surface area contributed by atoms with Crippen LogP contribution >= 0.6 is 0 Å². The topological polar surface area (TPSA) is 58.6 Å². The van der Waals surface area contributed by atoms with Crippen molar-refractivity contribution in [2.24, 2.45) is 5.92 Å². The second kappa shape index (κ2) is 7.29. The first-order valence-corrected chi connectivity index (χ1v) is 7.73. The number of methoxy groups -OCH3 is 1. The number of ether oxygens (including phenoxy) is 1. The summed E-state index contributed by atoms with van der Waals surface area (Å²) in [7, 11) is 3.41. The van der Waals surface area contributed by atoms with Crippen LogP contribution in [0.4, 0.5) is 0 Å². The first-order chi connectivity index (χ1) is 10.5. The Morgan fingerprint density at radius 1 is 1.41 bits per heavy atom. The number of nitrogens with one attached hydrogen (secondary N) is 1. The summed E-state index contributed by atoms with van der Waals surface area (Å²) >= 11 is 0. The minimum absolute atomic E-state index is 0.0240. The Bertz CT molecular complexity index is 527. The molecule has 1 aromatic rings. The second-order valence-corrected chi connectivity index (χ2v) is 5.75. The van der Waals surface area contributed by atoms with E-state index in [9.17, 15) is 9.59 Å². The number of piperidine rings is 1. The first kappa shape index (κ1) is 16.3. The molecule has 1 aliphatic rings. The Morgan fingerprint density at radius 3 is 2.64 bits per heavy atom. The zero-order valence-electron chi connectivity index (χ0n) is 13.5. The molecule has 0 unspecified atom stereocenters. The van der Waals surface area contributed by atoms with E-state index in [0.717, 1.165) is 24.2 Å². The number of amides is 2. The summed E-state index contributed by atoms with van der Waals surface area (Å²) in [5, 5.41) is 3.08. The highest BCUT2D eigenvalue weighted by Crippen LogP contribution is 2.23. The molecule has 0 spiro atoms. The summed E-state index contributed by atoms with van der Waals surface area (Å²) in [5.74, 6) is 0.606. The Morgan fingerprint density at radius 2 is 2.09 bits per heavy atom. The normalized spacial score (nSPS) is 19.7. The van der Waals surface area contributed by atoms with Gasteiger partial charge in [-0.3, -0.25) is 9.59 Å². The van der Waals surface area contributed by atoms with E-state index in [1.807, 2.05) is 31.2 Å². The molecule has 0 saturated carbocycles. The van der Waals surface area contributed by atoms with Crippen molar-refractivity contribution < 1.29 is 14.3 Å². The molecule has 0 aliphatic carbocycles. The van der Waals surface area contributed by atoms with E-state index in [4.69, 9.17) is 4.74 Å². The average molecular weight is 304 g/mol. The molecule has 0 bridgehead atoms. The van der Waals surface area contributed by atoms with Crippen LogP contribution in [0.3, 0.4) is 0 Å². The van der Waals surface area contributed by atoms with E-state index < -0.39 is 0 Å². The molecule has 1 aromatic carbocycles. The molecule has 1 N–H and O–H groups in total. The molecule has 2 atom stereocenters. The van der Waals surface area contributed by atoms with Crippen LogP contribution < -0.4 is 10.1 Å². The van der Waals surface area contributed by atoms with Crippen molar-refractivity contribution in [3.8, 4) is 5.75 Å². The predicted molar refractivity (Wildman–Crippen MR) is 84.5 cm³/mol. The SMILES string of the molecule is CC[C@H](NC(=O)[C@H]1CCN(C)C(=O)C1)c1ccc(OC)cc1. The third-order valence-electron chi connectivity index (χ3n) is 4.27. The third-order valence-corrected chi connectivity index (χ3v) is 4.27. The van der Waals surface area contributed by atoms with Crippen molar-refractivity contribution in [3.05, 3.63) is 29.8 Å². The summed E-state index contributed by atoms with van der Waals surface area (Å²) in [5.41, 5.74) is 1.05. The molecule has 5 nitrogen and oxygen atoms in total. The second-order valence-electron chi connectivity index (χ2n) is 5.75. The number of rotatable bonds is 5. The fraction of sp³-hybridized carbons (Fsp3) is 0.529. The van der Waals surface area contributed by atoms with Crippen LogP contribution in [0.15, 0.2) is 24.3 Å². The fourth-order valence-electron chi connectivity index (χ4n) is 2.71. The Hall–Kier alpha value is -2.04. The number of likely N-dealkylation sites (tertiary alicyclic amines) is 1. The van der Waals surface area contributed by atoms with Crippen LogP contribution in [0.25, 0.3) is 0 Å². The van der Waals surface area contributed by atoms with Gasteiger partial charge in [-0.1, -0.05) is 19.1 Å². The van der Waals surface area contributed by atoms with Gasteiger partial charge in [0.2, 0.25) is 11.8 Å². The van der Waals surface area contributed by atoms with E-state index in [1.54, 1.807) is 19.1 Å². The van der Waals surface area contributed by atoms with Crippen LogP contribution in [0.1, 0.15) is 37.8 Å². The van der Waals surface area contributed by atoms with Gasteiger partial charge in [-0.25, -0.2) is 0 Å². The molecule has 2 amide bonds. The zero-order valence-corrected chi connectivity index (χ0v) is 13.5. The van der Waals surface area contributed by atoms with Crippen LogP contribution in [0.2, 0.25) is 0 Å². The highest BCUT2D eigenvalue weighted by Gasteiger charge is 2.29. The lowest BCUT2D eigenvalue weighted by molar-refractivity contribution is -0.139. The highest BCUT2D eigenvalue weighted by molar-refractivity contribution is 5.87. The van der Waals surface area contributed by atoms with Gasteiger partial charge in [0.15, 0.2) is 0 Å². The molecule has 1 fully saturated rings. The van der Waals surface area contributed by atoms with Crippen molar-refractivity contribution in [3.63, 3.8) is 0 Å². The molecule has 1 saturated heterocycles.